The van der Waals surface area contributed by atoms with Crippen LogP contribution < -0.4 is 5.32 Å². The van der Waals surface area contributed by atoms with Crippen molar-refractivity contribution in [2.45, 2.75) is 102 Å². The molecule has 0 amide bonds. The second-order valence-corrected chi connectivity index (χ2v) is 15.8. The van der Waals surface area contributed by atoms with Crippen molar-refractivity contribution >= 4 is 0 Å². The van der Waals surface area contributed by atoms with E-state index in [9.17, 15) is 10.2 Å². The van der Waals surface area contributed by atoms with Crippen molar-refractivity contribution in [1.29, 1.82) is 0 Å². The van der Waals surface area contributed by atoms with E-state index < -0.39 is 34.4 Å². The highest BCUT2D eigenvalue weighted by Crippen LogP contribution is 2.74. The molecule has 3 saturated carbocycles. The zero-order valence-electron chi connectivity index (χ0n) is 25.8. The maximum absolute atomic E-state index is 15.3. The third kappa shape index (κ3) is 4.59. The van der Waals surface area contributed by atoms with Gasteiger partial charge in [0, 0.05) is 36.8 Å². The minimum atomic E-state index is -4.28. The summed E-state index contributed by atoms with van der Waals surface area (Å²) in [7, 11) is 0. The third-order valence-electron chi connectivity index (χ3n) is 12.7. The van der Waals surface area contributed by atoms with E-state index in [0.717, 1.165) is 17.6 Å². The van der Waals surface area contributed by atoms with Crippen LogP contribution in [0.4, 0.5) is 13.2 Å². The van der Waals surface area contributed by atoms with Crippen LogP contribution in [-0.2, 0) is 9.47 Å². The average molecular weight is 604 g/mol. The average Bonchev–Trinajstić information content (AvgIpc) is 3.74. The Hall–Kier alpha value is -1.45. The van der Waals surface area contributed by atoms with E-state index in [1.165, 1.54) is 5.57 Å². The van der Waals surface area contributed by atoms with Crippen molar-refractivity contribution < 1.29 is 32.9 Å². The number of aliphatic hydroxyl groups excluding tert-OH is 1. The van der Waals surface area contributed by atoms with Gasteiger partial charge in [0.05, 0.1) is 30.8 Å². The van der Waals surface area contributed by atoms with Gasteiger partial charge < -0.3 is 25.0 Å². The van der Waals surface area contributed by atoms with Gasteiger partial charge in [0.15, 0.2) is 5.79 Å². The van der Waals surface area contributed by atoms with Gasteiger partial charge >= 0.3 is 6.18 Å². The van der Waals surface area contributed by atoms with Crippen LogP contribution in [0.2, 0.25) is 0 Å². The smallest absolute Gasteiger partial charge is 0.392 e. The summed E-state index contributed by atoms with van der Waals surface area (Å²) in [5.74, 6) is -0.828. The molecule has 3 N–H and O–H groups in total. The second kappa shape index (κ2) is 10.0. The normalized spacial score (nSPS) is 45.1. The molecular formula is C35H48F3NO4. The molecule has 2 heterocycles. The number of hydrogen-bond donors (Lipinski definition) is 3. The summed E-state index contributed by atoms with van der Waals surface area (Å²) in [5, 5.41) is 24.7. The molecule has 0 aromatic rings. The number of alkyl halides is 3. The number of rotatable bonds is 4. The van der Waals surface area contributed by atoms with Crippen LogP contribution in [0.15, 0.2) is 47.1 Å². The molecule has 0 bridgehead atoms. The molecule has 43 heavy (non-hydrogen) atoms. The first kappa shape index (κ1) is 30.2. The molecule has 5 nitrogen and oxygen atoms in total. The molecule has 2 saturated heterocycles. The number of ether oxygens (including phenoxy) is 2. The van der Waals surface area contributed by atoms with Crippen molar-refractivity contribution in [1.82, 2.24) is 5.32 Å². The minimum absolute atomic E-state index is 0.0130. The Morgan fingerprint density at radius 3 is 2.47 bits per heavy atom. The zero-order chi connectivity index (χ0) is 30.5. The fourth-order valence-corrected chi connectivity index (χ4v) is 10.5. The van der Waals surface area contributed by atoms with E-state index in [0.29, 0.717) is 64.7 Å². The predicted molar refractivity (Wildman–Crippen MR) is 158 cm³/mol. The molecule has 6 unspecified atom stereocenters. The number of nitrogens with one attached hydrogen (secondary N) is 1. The van der Waals surface area contributed by atoms with Crippen LogP contribution in [0.3, 0.4) is 0 Å². The van der Waals surface area contributed by atoms with Gasteiger partial charge in [-0.25, -0.2) is 0 Å². The second-order valence-electron chi connectivity index (χ2n) is 15.8. The molecule has 0 aromatic carbocycles. The molecule has 5 aliphatic carbocycles. The molecule has 0 radical (unpaired) electrons. The van der Waals surface area contributed by atoms with Crippen LogP contribution in [0.5, 0.6) is 0 Å². The maximum atomic E-state index is 15.3. The standard InChI is InChI=1S/C35H48F3NO4/c1-30(2)20-42-33(43-21-30)14-11-27-29-24(10-13-32(27,41)19-33)26-12-15-34(28-18-39-28,35(36,37)38)31(26,3)17-25(29)23-8-6-22(7-9-23)5-4-16-40/h4-6,8-9,22,24-26,28,39-41H,7,10-21H2,1-3H3/b5-4+/t22?,24?,25?,26?,28?,31?,32-,34+/m1/s1. The Labute approximate surface area is 253 Å². The summed E-state index contributed by atoms with van der Waals surface area (Å²) in [6.45, 7) is 7.78. The Balaban J connectivity index is 1.30. The largest absolute Gasteiger partial charge is 0.396 e. The molecule has 238 valence electrons. The maximum Gasteiger partial charge on any atom is 0.396 e. The lowest BCUT2D eigenvalue weighted by atomic mass is 9.46. The van der Waals surface area contributed by atoms with E-state index in [-0.39, 0.29) is 42.1 Å². The lowest BCUT2D eigenvalue weighted by molar-refractivity contribution is -0.322. The Kier molecular flexibility index (Phi) is 7.04. The molecule has 8 heteroatoms. The van der Waals surface area contributed by atoms with Gasteiger partial charge in [-0.1, -0.05) is 56.7 Å². The fraction of sp³-hybridized carbons (Fsp3) is 0.771. The predicted octanol–water partition coefficient (Wildman–Crippen LogP) is 6.39. The molecule has 2 aliphatic heterocycles. The van der Waals surface area contributed by atoms with Gasteiger partial charge in [0.2, 0.25) is 0 Å². The van der Waals surface area contributed by atoms with Crippen molar-refractivity contribution in [2.24, 2.45) is 39.9 Å². The lowest BCUT2D eigenvalue weighted by Gasteiger charge is -2.59. The van der Waals surface area contributed by atoms with Gasteiger partial charge in [-0.3, -0.25) is 0 Å². The highest BCUT2D eigenvalue weighted by atomic mass is 19.4. The molecule has 7 rings (SSSR count). The zero-order valence-corrected chi connectivity index (χ0v) is 25.8. The van der Waals surface area contributed by atoms with Crippen LogP contribution in [-0.4, -0.2) is 60.2 Å². The summed E-state index contributed by atoms with van der Waals surface area (Å²) in [5.41, 5.74) is -0.395. The summed E-state index contributed by atoms with van der Waals surface area (Å²) >= 11 is 0. The molecule has 0 aromatic heterocycles. The van der Waals surface area contributed by atoms with Crippen LogP contribution in [0.1, 0.15) is 78.6 Å². The lowest BCUT2D eigenvalue weighted by Crippen LogP contribution is -2.60. The molecule has 1 spiro atoms. The summed E-state index contributed by atoms with van der Waals surface area (Å²) in [6.07, 6.45) is 10.8. The van der Waals surface area contributed by atoms with Crippen molar-refractivity contribution in [3.63, 3.8) is 0 Å². The van der Waals surface area contributed by atoms with E-state index in [4.69, 9.17) is 9.47 Å². The number of allylic oxidation sites excluding steroid dienone is 6. The van der Waals surface area contributed by atoms with Crippen molar-refractivity contribution in [3.05, 3.63) is 47.1 Å². The summed E-state index contributed by atoms with van der Waals surface area (Å²) < 4.78 is 58.6. The van der Waals surface area contributed by atoms with E-state index in [1.807, 2.05) is 13.0 Å². The number of hydrogen-bond acceptors (Lipinski definition) is 5. The highest BCUT2D eigenvalue weighted by Gasteiger charge is 2.77. The third-order valence-corrected chi connectivity index (χ3v) is 12.7. The monoisotopic (exact) mass is 603 g/mol. The van der Waals surface area contributed by atoms with E-state index in [1.54, 1.807) is 6.08 Å². The van der Waals surface area contributed by atoms with Gasteiger partial charge in [-0.15, -0.1) is 0 Å². The Morgan fingerprint density at radius 1 is 1.09 bits per heavy atom. The molecule has 8 atom stereocenters. The Morgan fingerprint density at radius 2 is 1.84 bits per heavy atom. The van der Waals surface area contributed by atoms with E-state index >= 15 is 13.2 Å². The number of aliphatic hydroxyl groups is 2. The Bertz CT molecular complexity index is 1250. The first-order valence-electron chi connectivity index (χ1n) is 16.5. The number of fused-ring (bicyclic) bond motifs is 4. The molecule has 5 fully saturated rings. The molecule has 7 aliphatic rings. The fourth-order valence-electron chi connectivity index (χ4n) is 10.5. The highest BCUT2D eigenvalue weighted by molar-refractivity contribution is 5.45. The van der Waals surface area contributed by atoms with Crippen molar-refractivity contribution in [3.8, 4) is 0 Å². The summed E-state index contributed by atoms with van der Waals surface area (Å²) in [6, 6.07) is -0.513. The minimum Gasteiger partial charge on any atom is -0.392 e. The van der Waals surface area contributed by atoms with Gasteiger partial charge in [0.25, 0.3) is 0 Å². The van der Waals surface area contributed by atoms with Crippen molar-refractivity contribution in [2.75, 3.05) is 26.4 Å². The van der Waals surface area contributed by atoms with Crippen LogP contribution in [0, 0.1) is 39.9 Å². The SMILES string of the molecule is CC1(C)COC2(CCC3=C4C(C5=CCC(/C=C/CO)C=C5)CC5(C)C(CC[C@@]5(C5CN5)C(F)(F)F)C4CC[C@@]3(O)C2)OC1. The quantitative estimate of drug-likeness (QED) is 0.257. The molecular weight excluding hydrogens is 555 g/mol. The summed E-state index contributed by atoms with van der Waals surface area (Å²) in [4.78, 5) is 0. The van der Waals surface area contributed by atoms with Gasteiger partial charge in [0.1, 0.15) is 0 Å². The first-order chi connectivity index (χ1) is 20.3. The van der Waals surface area contributed by atoms with Gasteiger partial charge in [-0.05, 0) is 79.3 Å². The number of halogens is 3. The first-order valence-corrected chi connectivity index (χ1v) is 16.5. The van der Waals surface area contributed by atoms with Crippen LogP contribution in [0.25, 0.3) is 0 Å². The van der Waals surface area contributed by atoms with Crippen LogP contribution >= 0.6 is 0 Å². The van der Waals surface area contributed by atoms with E-state index in [2.05, 4.69) is 37.4 Å². The van der Waals surface area contributed by atoms with Gasteiger partial charge in [-0.2, -0.15) is 13.2 Å². The topological polar surface area (TPSA) is 80.9 Å².